The molecule has 0 saturated carbocycles. The molecule has 1 saturated heterocycles. The molecule has 2 N–H and O–H groups in total. The van der Waals surface area contributed by atoms with Crippen molar-refractivity contribution in [2.75, 3.05) is 39.8 Å². The first-order valence-electron chi connectivity index (χ1n) is 9.09. The highest BCUT2D eigenvalue weighted by molar-refractivity contribution is 14.0. The highest BCUT2D eigenvalue weighted by Gasteiger charge is 2.29. The van der Waals surface area contributed by atoms with E-state index in [1.807, 2.05) is 4.90 Å². The summed E-state index contributed by atoms with van der Waals surface area (Å²) in [5, 5.41) is 9.41. The minimum Gasteiger partial charge on any atom is -0.467 e. The number of aliphatic imine (C=N–C) groups is 1. The van der Waals surface area contributed by atoms with Gasteiger partial charge in [0, 0.05) is 39.3 Å². The summed E-state index contributed by atoms with van der Waals surface area (Å²) in [5.41, 5.74) is 0.380. The summed E-state index contributed by atoms with van der Waals surface area (Å²) in [5.74, 6) is 0.834. The third kappa shape index (κ3) is 6.70. The molecule has 0 unspecified atom stereocenters. The third-order valence-corrected chi connectivity index (χ3v) is 6.22. The molecule has 166 valence electrons. The highest BCUT2D eigenvalue weighted by Crippen LogP contribution is 2.12. The van der Waals surface area contributed by atoms with Crippen molar-refractivity contribution < 1.29 is 22.2 Å². The fourth-order valence-corrected chi connectivity index (χ4v) is 4.35. The van der Waals surface area contributed by atoms with Gasteiger partial charge in [-0.3, -0.25) is 9.79 Å². The van der Waals surface area contributed by atoms with Crippen molar-refractivity contribution in [3.63, 3.8) is 0 Å². The number of amides is 1. The van der Waals surface area contributed by atoms with E-state index in [9.17, 15) is 13.2 Å². The summed E-state index contributed by atoms with van der Waals surface area (Å²) in [6, 6.07) is 5.08. The van der Waals surface area contributed by atoms with Crippen molar-refractivity contribution in [1.29, 1.82) is 0 Å². The van der Waals surface area contributed by atoms with E-state index in [2.05, 4.69) is 20.8 Å². The van der Waals surface area contributed by atoms with Gasteiger partial charge in [0.1, 0.15) is 17.8 Å². The Morgan fingerprint density at radius 2 is 1.97 bits per heavy atom. The lowest BCUT2D eigenvalue weighted by atomic mass is 10.4. The summed E-state index contributed by atoms with van der Waals surface area (Å²) < 4.78 is 36.3. The van der Waals surface area contributed by atoms with Gasteiger partial charge in [-0.25, -0.2) is 8.42 Å². The average Bonchev–Trinajstić information content (AvgIpc) is 3.41. The molecule has 2 aromatic heterocycles. The van der Waals surface area contributed by atoms with Crippen LogP contribution < -0.4 is 10.6 Å². The fraction of sp³-hybridized carbons (Fsp3) is 0.471. The van der Waals surface area contributed by atoms with Crippen LogP contribution in [0.3, 0.4) is 0 Å². The second-order valence-electron chi connectivity index (χ2n) is 6.39. The van der Waals surface area contributed by atoms with Crippen molar-refractivity contribution in [3.05, 3.63) is 42.2 Å². The van der Waals surface area contributed by atoms with Crippen molar-refractivity contribution in [1.82, 2.24) is 25.0 Å². The van der Waals surface area contributed by atoms with Crippen LogP contribution in [-0.4, -0.2) is 74.4 Å². The first-order chi connectivity index (χ1) is 14.0. The lowest BCUT2D eigenvalue weighted by molar-refractivity contribution is -0.120. The number of carbonyl (C=O) groups excluding carboxylic acids is 1. The van der Waals surface area contributed by atoms with Crippen molar-refractivity contribution in [3.8, 4) is 0 Å². The second kappa shape index (κ2) is 11.3. The van der Waals surface area contributed by atoms with Gasteiger partial charge in [-0.2, -0.15) is 4.31 Å². The van der Waals surface area contributed by atoms with E-state index in [1.165, 1.54) is 16.6 Å². The van der Waals surface area contributed by atoms with Gasteiger partial charge in [0.15, 0.2) is 5.96 Å². The maximum atomic E-state index is 12.5. The monoisotopic (exact) mass is 552 g/mol. The van der Waals surface area contributed by atoms with Crippen LogP contribution in [0.15, 0.2) is 44.7 Å². The topological polar surface area (TPSA) is 133 Å². The van der Waals surface area contributed by atoms with Crippen molar-refractivity contribution in [2.24, 2.45) is 4.99 Å². The first-order valence-corrected chi connectivity index (χ1v) is 10.7. The van der Waals surface area contributed by atoms with E-state index in [0.717, 1.165) is 0 Å². The number of halogens is 1. The predicted molar refractivity (Wildman–Crippen MR) is 120 cm³/mol. The molecule has 0 atom stereocenters. The summed E-state index contributed by atoms with van der Waals surface area (Å²) in [6.07, 6.45) is 2.90. The van der Waals surface area contributed by atoms with Gasteiger partial charge < -0.3 is 24.5 Å². The SMILES string of the molecule is CN=C(NCC(=O)NCc1ccco1)N1CCN(S(=O)(=O)Cc2ccon2)CC1.I. The number of furan rings is 1. The van der Waals surface area contributed by atoms with Gasteiger partial charge >= 0.3 is 0 Å². The zero-order valence-electron chi connectivity index (χ0n) is 16.5. The maximum absolute atomic E-state index is 12.5. The molecular weight excluding hydrogens is 527 g/mol. The quantitative estimate of drug-likeness (QED) is 0.283. The van der Waals surface area contributed by atoms with Gasteiger partial charge in [0.2, 0.25) is 15.9 Å². The molecule has 1 aliphatic heterocycles. The number of aromatic nitrogens is 1. The zero-order chi connectivity index (χ0) is 20.7. The van der Waals surface area contributed by atoms with Gasteiger partial charge in [-0.15, -0.1) is 24.0 Å². The van der Waals surface area contributed by atoms with Gasteiger partial charge in [0.05, 0.1) is 25.0 Å². The number of hydrogen-bond donors (Lipinski definition) is 2. The number of piperazine rings is 1. The first kappa shape index (κ1) is 24.1. The van der Waals surface area contributed by atoms with Gasteiger partial charge in [-0.1, -0.05) is 5.16 Å². The standard InChI is InChI=1S/C17H24N6O5S.HI/c1-18-17(20-12-16(24)19-11-15-3-2-9-27-15)22-5-7-23(8-6-22)29(25,26)13-14-4-10-28-21-14;/h2-4,9-10H,5-8,11-13H2,1H3,(H,18,20)(H,19,24);1H. The van der Waals surface area contributed by atoms with Crippen LogP contribution in [0.2, 0.25) is 0 Å². The molecular formula is C17H25IN6O5S. The Kier molecular flexibility index (Phi) is 9.10. The second-order valence-corrected chi connectivity index (χ2v) is 8.36. The Morgan fingerprint density at radius 3 is 2.57 bits per heavy atom. The maximum Gasteiger partial charge on any atom is 0.239 e. The fourth-order valence-electron chi connectivity index (χ4n) is 2.92. The van der Waals surface area contributed by atoms with E-state index in [-0.39, 0.29) is 42.2 Å². The third-order valence-electron chi connectivity index (χ3n) is 4.41. The summed E-state index contributed by atoms with van der Waals surface area (Å²) in [4.78, 5) is 18.1. The predicted octanol–water partition coefficient (Wildman–Crippen LogP) is 0.225. The number of sulfonamides is 1. The summed E-state index contributed by atoms with van der Waals surface area (Å²) in [7, 11) is -1.84. The Balaban J connectivity index is 0.00000320. The number of nitrogens with one attached hydrogen (secondary N) is 2. The molecule has 13 heteroatoms. The smallest absolute Gasteiger partial charge is 0.239 e. The molecule has 1 amide bonds. The van der Waals surface area contributed by atoms with Crippen LogP contribution in [0.1, 0.15) is 11.5 Å². The van der Waals surface area contributed by atoms with Crippen LogP contribution in [0, 0.1) is 0 Å². The number of guanidine groups is 1. The van der Waals surface area contributed by atoms with E-state index in [4.69, 9.17) is 8.94 Å². The lowest BCUT2D eigenvalue weighted by Crippen LogP contribution is -2.54. The Bertz CT molecular complexity index is 909. The molecule has 2 aromatic rings. The van der Waals surface area contributed by atoms with Gasteiger partial charge in [0.25, 0.3) is 0 Å². The normalized spacial score (nSPS) is 15.5. The number of carbonyl (C=O) groups is 1. The van der Waals surface area contributed by atoms with Crippen molar-refractivity contribution >= 4 is 45.9 Å². The molecule has 0 bridgehead atoms. The van der Waals surface area contributed by atoms with Crippen LogP contribution in [0.25, 0.3) is 0 Å². The number of hydrogen-bond acceptors (Lipinski definition) is 7. The Labute approximate surface area is 191 Å². The van der Waals surface area contributed by atoms with Crippen molar-refractivity contribution in [2.45, 2.75) is 12.3 Å². The van der Waals surface area contributed by atoms with Gasteiger partial charge in [-0.05, 0) is 12.1 Å². The molecule has 11 nitrogen and oxygen atoms in total. The largest absolute Gasteiger partial charge is 0.467 e. The molecule has 0 aromatic carbocycles. The van der Waals surface area contributed by atoms with E-state index in [1.54, 1.807) is 25.4 Å². The lowest BCUT2D eigenvalue weighted by Gasteiger charge is -2.35. The van der Waals surface area contributed by atoms with E-state index < -0.39 is 10.0 Å². The minimum absolute atomic E-state index is 0. The number of rotatable bonds is 7. The molecule has 0 spiro atoms. The highest BCUT2D eigenvalue weighted by atomic mass is 127. The van der Waals surface area contributed by atoms with E-state index in [0.29, 0.717) is 50.1 Å². The summed E-state index contributed by atoms with van der Waals surface area (Å²) in [6.45, 7) is 1.95. The molecule has 0 aliphatic carbocycles. The molecule has 1 aliphatic rings. The Hall–Kier alpha value is -2.13. The molecule has 3 rings (SSSR count). The Morgan fingerprint density at radius 1 is 1.20 bits per heavy atom. The molecule has 1 fully saturated rings. The van der Waals surface area contributed by atoms with Crippen LogP contribution in [-0.2, 0) is 27.1 Å². The molecule has 30 heavy (non-hydrogen) atoms. The van der Waals surface area contributed by atoms with Crippen LogP contribution >= 0.6 is 24.0 Å². The zero-order valence-corrected chi connectivity index (χ0v) is 19.6. The number of nitrogens with zero attached hydrogens (tertiary/aromatic N) is 4. The van der Waals surface area contributed by atoms with E-state index >= 15 is 0 Å². The summed E-state index contributed by atoms with van der Waals surface area (Å²) >= 11 is 0. The van der Waals surface area contributed by atoms with Crippen LogP contribution in [0.5, 0.6) is 0 Å². The molecule has 3 heterocycles. The minimum atomic E-state index is -3.47. The average molecular weight is 552 g/mol. The molecule has 0 radical (unpaired) electrons. The van der Waals surface area contributed by atoms with Crippen LogP contribution in [0.4, 0.5) is 0 Å².